The standard InChI is InChI=1S/C15H25N3O2S/c1-11(2)18-8-5-12(6-9-18)4-7-17(3)14(19)13-10-16-15(20)21-13/h10-12H,4-9H2,1-3H3,(H,16,20). The maximum Gasteiger partial charge on any atom is 0.305 e. The number of carbonyl (C=O) groups is 1. The van der Waals surface area contributed by atoms with E-state index in [1.165, 1.54) is 32.1 Å². The zero-order valence-electron chi connectivity index (χ0n) is 13.1. The number of H-pyrrole nitrogens is 1. The Labute approximate surface area is 130 Å². The van der Waals surface area contributed by atoms with Gasteiger partial charge in [0.05, 0.1) is 0 Å². The molecule has 0 aromatic carbocycles. The highest BCUT2D eigenvalue weighted by Crippen LogP contribution is 2.22. The van der Waals surface area contributed by atoms with E-state index in [0.717, 1.165) is 24.3 Å². The van der Waals surface area contributed by atoms with E-state index >= 15 is 0 Å². The molecule has 1 fully saturated rings. The second-order valence-corrected chi connectivity index (χ2v) is 7.15. The summed E-state index contributed by atoms with van der Waals surface area (Å²) in [5.41, 5.74) is 0. The van der Waals surface area contributed by atoms with Crippen LogP contribution in [0.5, 0.6) is 0 Å². The van der Waals surface area contributed by atoms with Crippen LogP contribution < -0.4 is 4.87 Å². The van der Waals surface area contributed by atoms with Gasteiger partial charge in [-0.3, -0.25) is 9.59 Å². The Morgan fingerprint density at radius 2 is 2.14 bits per heavy atom. The predicted molar refractivity (Wildman–Crippen MR) is 86.0 cm³/mol. The third-order valence-electron chi connectivity index (χ3n) is 4.33. The Hall–Kier alpha value is -1.14. The minimum Gasteiger partial charge on any atom is -0.341 e. The van der Waals surface area contributed by atoms with Crippen molar-refractivity contribution < 1.29 is 4.79 Å². The molecule has 0 saturated carbocycles. The van der Waals surface area contributed by atoms with Crippen LogP contribution >= 0.6 is 11.3 Å². The molecule has 0 unspecified atom stereocenters. The van der Waals surface area contributed by atoms with E-state index in [1.54, 1.807) is 4.90 Å². The molecule has 1 aromatic rings. The molecular formula is C15H25N3O2S. The van der Waals surface area contributed by atoms with Crippen molar-refractivity contribution in [1.29, 1.82) is 0 Å². The third-order valence-corrected chi connectivity index (χ3v) is 5.15. The monoisotopic (exact) mass is 311 g/mol. The first-order valence-corrected chi connectivity index (χ1v) is 8.47. The Morgan fingerprint density at radius 3 is 2.67 bits per heavy atom. The van der Waals surface area contributed by atoms with Gasteiger partial charge < -0.3 is 14.8 Å². The lowest BCUT2D eigenvalue weighted by Gasteiger charge is -2.35. The van der Waals surface area contributed by atoms with E-state index in [4.69, 9.17) is 0 Å². The lowest BCUT2D eigenvalue weighted by molar-refractivity contribution is 0.0778. The zero-order valence-corrected chi connectivity index (χ0v) is 13.9. The quantitative estimate of drug-likeness (QED) is 0.905. The summed E-state index contributed by atoms with van der Waals surface area (Å²) in [7, 11) is 1.82. The fourth-order valence-electron chi connectivity index (χ4n) is 2.81. The number of hydrogen-bond acceptors (Lipinski definition) is 4. The van der Waals surface area contributed by atoms with Gasteiger partial charge in [0.15, 0.2) is 0 Å². The molecule has 1 aliphatic heterocycles. The summed E-state index contributed by atoms with van der Waals surface area (Å²) in [5.74, 6) is 0.651. The van der Waals surface area contributed by atoms with Crippen LogP contribution in [0, 0.1) is 5.92 Å². The Morgan fingerprint density at radius 1 is 1.48 bits per heavy atom. The van der Waals surface area contributed by atoms with Crippen molar-refractivity contribution >= 4 is 17.2 Å². The van der Waals surface area contributed by atoms with E-state index in [2.05, 4.69) is 23.7 Å². The third kappa shape index (κ3) is 4.41. The number of rotatable bonds is 5. The van der Waals surface area contributed by atoms with E-state index in [0.29, 0.717) is 16.8 Å². The van der Waals surface area contributed by atoms with Gasteiger partial charge in [0, 0.05) is 25.8 Å². The second-order valence-electron chi connectivity index (χ2n) is 6.13. The fraction of sp³-hybridized carbons (Fsp3) is 0.733. The van der Waals surface area contributed by atoms with Crippen molar-refractivity contribution in [2.75, 3.05) is 26.7 Å². The summed E-state index contributed by atoms with van der Waals surface area (Å²) >= 11 is 0.980. The number of likely N-dealkylation sites (tertiary alicyclic amines) is 1. The molecule has 2 heterocycles. The molecule has 2 rings (SSSR count). The molecule has 1 saturated heterocycles. The summed E-state index contributed by atoms with van der Waals surface area (Å²) in [6.07, 6.45) is 5.00. The molecule has 0 radical (unpaired) electrons. The highest BCUT2D eigenvalue weighted by molar-refractivity contribution is 7.11. The minimum atomic E-state index is -0.173. The van der Waals surface area contributed by atoms with Crippen LogP contribution in [0.2, 0.25) is 0 Å². The molecule has 1 aliphatic rings. The maximum atomic E-state index is 12.1. The predicted octanol–water partition coefficient (Wildman–Crippen LogP) is 2.02. The van der Waals surface area contributed by atoms with Gasteiger partial charge in [-0.15, -0.1) is 0 Å². The number of nitrogens with zero attached hydrogens (tertiary/aromatic N) is 2. The molecule has 118 valence electrons. The first-order chi connectivity index (χ1) is 9.97. The SMILES string of the molecule is CC(C)N1CCC(CCN(C)C(=O)c2c[nH]c(=O)s2)CC1. The van der Waals surface area contributed by atoms with Gasteiger partial charge in [-0.25, -0.2) is 0 Å². The molecule has 0 aliphatic carbocycles. The molecular weight excluding hydrogens is 286 g/mol. The number of aromatic nitrogens is 1. The number of nitrogens with one attached hydrogen (secondary N) is 1. The van der Waals surface area contributed by atoms with Gasteiger partial charge in [0.1, 0.15) is 4.88 Å². The average molecular weight is 311 g/mol. The molecule has 0 spiro atoms. The molecule has 1 amide bonds. The van der Waals surface area contributed by atoms with Crippen LogP contribution in [-0.2, 0) is 0 Å². The normalized spacial score (nSPS) is 17.3. The van der Waals surface area contributed by atoms with Crippen LogP contribution in [-0.4, -0.2) is 53.4 Å². The largest absolute Gasteiger partial charge is 0.341 e. The lowest BCUT2D eigenvalue weighted by Crippen LogP contribution is -2.39. The summed E-state index contributed by atoms with van der Waals surface area (Å²) < 4.78 is 0. The smallest absolute Gasteiger partial charge is 0.305 e. The van der Waals surface area contributed by atoms with E-state index < -0.39 is 0 Å². The topological polar surface area (TPSA) is 56.4 Å². The van der Waals surface area contributed by atoms with Crippen LogP contribution in [0.1, 0.15) is 42.8 Å². The van der Waals surface area contributed by atoms with E-state index in [-0.39, 0.29) is 10.8 Å². The number of hydrogen-bond donors (Lipinski definition) is 1. The maximum absolute atomic E-state index is 12.1. The van der Waals surface area contributed by atoms with Crippen LogP contribution in [0.4, 0.5) is 0 Å². The van der Waals surface area contributed by atoms with Gasteiger partial charge in [-0.1, -0.05) is 11.3 Å². The highest BCUT2D eigenvalue weighted by Gasteiger charge is 2.22. The van der Waals surface area contributed by atoms with Crippen molar-refractivity contribution in [2.24, 2.45) is 5.92 Å². The second kappa shape index (κ2) is 7.22. The fourth-order valence-corrected chi connectivity index (χ4v) is 3.49. The van der Waals surface area contributed by atoms with Crippen molar-refractivity contribution in [3.63, 3.8) is 0 Å². The molecule has 1 aromatic heterocycles. The molecule has 0 atom stereocenters. The zero-order chi connectivity index (χ0) is 15.4. The summed E-state index contributed by atoms with van der Waals surface area (Å²) in [6.45, 7) is 7.58. The van der Waals surface area contributed by atoms with Crippen LogP contribution in [0.3, 0.4) is 0 Å². The Balaban J connectivity index is 1.76. The van der Waals surface area contributed by atoms with Gasteiger partial charge >= 0.3 is 4.87 Å². The van der Waals surface area contributed by atoms with E-state index in [1.807, 2.05) is 7.05 Å². The Kier molecular flexibility index (Phi) is 5.58. The number of amides is 1. The summed E-state index contributed by atoms with van der Waals surface area (Å²) in [4.78, 5) is 30.3. The van der Waals surface area contributed by atoms with Gasteiger partial charge in [-0.05, 0) is 52.1 Å². The summed E-state index contributed by atoms with van der Waals surface area (Å²) in [6, 6.07) is 0.631. The molecule has 1 N–H and O–H groups in total. The highest BCUT2D eigenvalue weighted by atomic mass is 32.1. The van der Waals surface area contributed by atoms with Crippen molar-refractivity contribution in [2.45, 2.75) is 39.2 Å². The molecule has 21 heavy (non-hydrogen) atoms. The van der Waals surface area contributed by atoms with E-state index in [9.17, 15) is 9.59 Å². The van der Waals surface area contributed by atoms with Crippen molar-refractivity contribution in [1.82, 2.24) is 14.8 Å². The van der Waals surface area contributed by atoms with Crippen molar-refractivity contribution in [3.05, 3.63) is 20.7 Å². The van der Waals surface area contributed by atoms with Gasteiger partial charge in [-0.2, -0.15) is 0 Å². The first-order valence-electron chi connectivity index (χ1n) is 7.65. The minimum absolute atomic E-state index is 0.0574. The Bertz CT molecular complexity index is 515. The lowest BCUT2D eigenvalue weighted by atomic mass is 9.93. The summed E-state index contributed by atoms with van der Waals surface area (Å²) in [5, 5.41) is 0. The molecule has 0 bridgehead atoms. The average Bonchev–Trinajstić information content (AvgIpc) is 2.91. The number of thiazole rings is 1. The van der Waals surface area contributed by atoms with Gasteiger partial charge in [0.2, 0.25) is 0 Å². The van der Waals surface area contributed by atoms with Crippen molar-refractivity contribution in [3.8, 4) is 0 Å². The number of aromatic amines is 1. The number of piperidine rings is 1. The molecule has 5 nitrogen and oxygen atoms in total. The first kappa shape index (κ1) is 16.2. The molecule has 6 heteroatoms. The number of carbonyl (C=O) groups excluding carboxylic acids is 1. The van der Waals surface area contributed by atoms with Crippen LogP contribution in [0.25, 0.3) is 0 Å². The van der Waals surface area contributed by atoms with Gasteiger partial charge in [0.25, 0.3) is 5.91 Å². The van der Waals surface area contributed by atoms with Crippen LogP contribution in [0.15, 0.2) is 11.0 Å².